The molecule has 0 bridgehead atoms. The molecule has 0 atom stereocenters. The number of rotatable bonds is 5. The lowest BCUT2D eigenvalue weighted by Gasteiger charge is -2.19. The van der Waals surface area contributed by atoms with Crippen LogP contribution in [0, 0.1) is 0 Å². The lowest BCUT2D eigenvalue weighted by Crippen LogP contribution is -2.27. The normalized spacial score (nSPS) is 11.6. The number of anilines is 1. The molecule has 0 aliphatic rings. The predicted molar refractivity (Wildman–Crippen MR) is 81.6 cm³/mol. The average molecular weight is 300 g/mol. The van der Waals surface area contributed by atoms with Gasteiger partial charge in [-0.2, -0.15) is 0 Å². The summed E-state index contributed by atoms with van der Waals surface area (Å²) in [6, 6.07) is 5.15. The van der Waals surface area contributed by atoms with Crippen molar-refractivity contribution < 1.29 is 14.3 Å². The third-order valence-corrected chi connectivity index (χ3v) is 2.51. The molecule has 0 radical (unpaired) electrons. The van der Waals surface area contributed by atoms with Crippen molar-refractivity contribution in [2.24, 2.45) is 0 Å². The summed E-state index contributed by atoms with van der Waals surface area (Å²) in [5, 5.41) is 3.20. The minimum absolute atomic E-state index is 0.00532. The van der Waals surface area contributed by atoms with Crippen LogP contribution in [0.15, 0.2) is 18.2 Å². The van der Waals surface area contributed by atoms with Gasteiger partial charge in [0.25, 0.3) is 0 Å². The molecule has 1 aromatic carbocycles. The standard InChI is InChI=1S/C15H22ClNO3/c1-10(2)20-13-7-6-11(8-12(13)16)17-14(18)9-19-15(3,4)5/h6-8,10H,9H2,1-5H3,(H,17,18). The van der Waals surface area contributed by atoms with E-state index in [4.69, 9.17) is 21.1 Å². The fourth-order valence-corrected chi connectivity index (χ4v) is 1.63. The Morgan fingerprint density at radius 3 is 2.50 bits per heavy atom. The molecule has 1 aromatic rings. The molecule has 0 aliphatic heterocycles. The number of amides is 1. The first-order valence-electron chi connectivity index (χ1n) is 6.57. The number of ether oxygens (including phenoxy) is 2. The van der Waals surface area contributed by atoms with E-state index in [-0.39, 0.29) is 24.2 Å². The Hall–Kier alpha value is -1.26. The Kier molecular flexibility index (Phi) is 5.84. The Balaban J connectivity index is 2.60. The van der Waals surface area contributed by atoms with Gasteiger partial charge in [-0.3, -0.25) is 4.79 Å². The number of halogens is 1. The van der Waals surface area contributed by atoms with E-state index in [1.807, 2.05) is 34.6 Å². The van der Waals surface area contributed by atoms with E-state index in [9.17, 15) is 4.79 Å². The van der Waals surface area contributed by atoms with Gasteiger partial charge < -0.3 is 14.8 Å². The van der Waals surface area contributed by atoms with Crippen molar-refractivity contribution >= 4 is 23.2 Å². The highest BCUT2D eigenvalue weighted by Crippen LogP contribution is 2.28. The van der Waals surface area contributed by atoms with E-state index in [0.29, 0.717) is 16.5 Å². The van der Waals surface area contributed by atoms with E-state index in [0.717, 1.165) is 0 Å². The molecule has 0 unspecified atom stereocenters. The lowest BCUT2D eigenvalue weighted by molar-refractivity contribution is -0.125. The number of benzene rings is 1. The summed E-state index contributed by atoms with van der Waals surface area (Å²) in [4.78, 5) is 11.7. The fourth-order valence-electron chi connectivity index (χ4n) is 1.41. The van der Waals surface area contributed by atoms with Crippen LogP contribution >= 0.6 is 11.6 Å². The smallest absolute Gasteiger partial charge is 0.250 e. The molecule has 112 valence electrons. The zero-order chi connectivity index (χ0) is 15.3. The fraction of sp³-hybridized carbons (Fsp3) is 0.533. The summed E-state index contributed by atoms with van der Waals surface area (Å²) in [5.41, 5.74) is 0.276. The van der Waals surface area contributed by atoms with Gasteiger partial charge in [0, 0.05) is 5.69 Å². The summed E-state index contributed by atoms with van der Waals surface area (Å²) < 4.78 is 10.9. The van der Waals surface area contributed by atoms with Crippen molar-refractivity contribution in [3.8, 4) is 5.75 Å². The van der Waals surface area contributed by atoms with Crippen LogP contribution in [0.3, 0.4) is 0 Å². The third-order valence-electron chi connectivity index (χ3n) is 2.21. The monoisotopic (exact) mass is 299 g/mol. The summed E-state index contributed by atoms with van der Waals surface area (Å²) >= 11 is 6.10. The van der Waals surface area contributed by atoms with Crippen molar-refractivity contribution in [3.05, 3.63) is 23.2 Å². The van der Waals surface area contributed by atoms with Gasteiger partial charge in [0.15, 0.2) is 0 Å². The van der Waals surface area contributed by atoms with Gasteiger partial charge in [0.05, 0.1) is 16.7 Å². The summed E-state index contributed by atoms with van der Waals surface area (Å²) in [7, 11) is 0. The van der Waals surface area contributed by atoms with Crippen LogP contribution in [0.5, 0.6) is 5.75 Å². The minimum Gasteiger partial charge on any atom is -0.489 e. The SMILES string of the molecule is CC(C)Oc1ccc(NC(=O)COC(C)(C)C)cc1Cl. The Bertz CT molecular complexity index is 467. The first kappa shape index (κ1) is 16.8. The van der Waals surface area contributed by atoms with E-state index >= 15 is 0 Å². The van der Waals surface area contributed by atoms with Crippen molar-refractivity contribution in [3.63, 3.8) is 0 Å². The number of carbonyl (C=O) groups excluding carboxylic acids is 1. The highest BCUT2D eigenvalue weighted by Gasteiger charge is 2.13. The topological polar surface area (TPSA) is 47.6 Å². The van der Waals surface area contributed by atoms with E-state index in [1.165, 1.54) is 0 Å². The van der Waals surface area contributed by atoms with Crippen LogP contribution < -0.4 is 10.1 Å². The minimum atomic E-state index is -0.343. The molecule has 20 heavy (non-hydrogen) atoms. The van der Waals surface area contributed by atoms with Crippen LogP contribution in [-0.4, -0.2) is 24.2 Å². The molecule has 0 aromatic heterocycles. The van der Waals surface area contributed by atoms with Crippen LogP contribution in [0.25, 0.3) is 0 Å². The van der Waals surface area contributed by atoms with Crippen LogP contribution in [-0.2, 0) is 9.53 Å². The molecule has 1 amide bonds. The van der Waals surface area contributed by atoms with Crippen molar-refractivity contribution in [1.29, 1.82) is 0 Å². The summed E-state index contributed by atoms with van der Waals surface area (Å²) in [5.74, 6) is 0.388. The zero-order valence-electron chi connectivity index (χ0n) is 12.6. The molecule has 0 saturated carbocycles. The second-order valence-corrected chi connectivity index (χ2v) is 6.17. The second-order valence-electron chi connectivity index (χ2n) is 5.76. The number of hydrogen-bond donors (Lipinski definition) is 1. The number of carbonyl (C=O) groups is 1. The van der Waals surface area contributed by atoms with Crippen LogP contribution in [0.2, 0.25) is 5.02 Å². The molecule has 1 rings (SSSR count). The van der Waals surface area contributed by atoms with Crippen molar-refractivity contribution in [2.75, 3.05) is 11.9 Å². The van der Waals surface area contributed by atoms with E-state index in [1.54, 1.807) is 18.2 Å². The first-order valence-corrected chi connectivity index (χ1v) is 6.95. The molecular weight excluding hydrogens is 278 g/mol. The molecular formula is C15H22ClNO3. The molecule has 0 fully saturated rings. The predicted octanol–water partition coefficient (Wildman–Crippen LogP) is 3.88. The maximum Gasteiger partial charge on any atom is 0.250 e. The average Bonchev–Trinajstić information content (AvgIpc) is 2.29. The molecule has 0 spiro atoms. The maximum absolute atomic E-state index is 11.7. The van der Waals surface area contributed by atoms with E-state index < -0.39 is 0 Å². The zero-order valence-corrected chi connectivity index (χ0v) is 13.4. The van der Waals surface area contributed by atoms with Gasteiger partial charge in [-0.25, -0.2) is 0 Å². The van der Waals surface area contributed by atoms with Gasteiger partial charge >= 0.3 is 0 Å². The Morgan fingerprint density at radius 1 is 1.35 bits per heavy atom. The molecule has 1 N–H and O–H groups in total. The first-order chi connectivity index (χ1) is 9.17. The molecule has 0 aliphatic carbocycles. The highest BCUT2D eigenvalue weighted by atomic mass is 35.5. The van der Waals surface area contributed by atoms with Gasteiger partial charge in [0.1, 0.15) is 12.4 Å². The van der Waals surface area contributed by atoms with Gasteiger partial charge in [-0.05, 0) is 52.8 Å². The van der Waals surface area contributed by atoms with Crippen LogP contribution in [0.1, 0.15) is 34.6 Å². The van der Waals surface area contributed by atoms with Crippen molar-refractivity contribution in [1.82, 2.24) is 0 Å². The highest BCUT2D eigenvalue weighted by molar-refractivity contribution is 6.32. The summed E-state index contributed by atoms with van der Waals surface area (Å²) in [6.45, 7) is 9.55. The maximum atomic E-state index is 11.7. The van der Waals surface area contributed by atoms with Crippen molar-refractivity contribution in [2.45, 2.75) is 46.3 Å². The molecule has 0 heterocycles. The van der Waals surface area contributed by atoms with E-state index in [2.05, 4.69) is 5.32 Å². The Labute approximate surface area is 125 Å². The molecule has 5 heteroatoms. The third kappa shape index (κ3) is 6.26. The van der Waals surface area contributed by atoms with Gasteiger partial charge in [-0.15, -0.1) is 0 Å². The lowest BCUT2D eigenvalue weighted by atomic mass is 10.2. The molecule has 0 saturated heterocycles. The number of hydrogen-bond acceptors (Lipinski definition) is 3. The largest absolute Gasteiger partial charge is 0.489 e. The Morgan fingerprint density at radius 2 is 2.00 bits per heavy atom. The number of nitrogens with one attached hydrogen (secondary N) is 1. The van der Waals surface area contributed by atoms with Gasteiger partial charge in [-0.1, -0.05) is 11.6 Å². The summed E-state index contributed by atoms with van der Waals surface area (Å²) in [6.07, 6.45) is 0.0492. The molecule has 4 nitrogen and oxygen atoms in total. The van der Waals surface area contributed by atoms with Gasteiger partial charge in [0.2, 0.25) is 5.91 Å². The quantitative estimate of drug-likeness (QED) is 0.897. The second kappa shape index (κ2) is 6.95. The van der Waals surface area contributed by atoms with Crippen LogP contribution in [0.4, 0.5) is 5.69 Å².